The minimum atomic E-state index is -0.616. The van der Waals surface area contributed by atoms with E-state index in [1.54, 1.807) is 4.90 Å². The Labute approximate surface area is 219 Å². The number of benzene rings is 3. The van der Waals surface area contributed by atoms with Gasteiger partial charge in [-0.2, -0.15) is 0 Å². The van der Waals surface area contributed by atoms with Gasteiger partial charge in [0.1, 0.15) is 6.61 Å². The normalized spacial score (nSPS) is 16.0. The molecular formula is C30H28N2O4S. The summed E-state index contributed by atoms with van der Waals surface area (Å²) < 4.78 is 6.45. The van der Waals surface area contributed by atoms with Gasteiger partial charge in [0.2, 0.25) is 11.7 Å². The first kappa shape index (κ1) is 24.8. The van der Waals surface area contributed by atoms with Gasteiger partial charge in [-0.15, -0.1) is 11.3 Å². The van der Waals surface area contributed by atoms with Gasteiger partial charge in [0, 0.05) is 6.54 Å². The molecular weight excluding hydrogens is 484 g/mol. The van der Waals surface area contributed by atoms with E-state index in [0.29, 0.717) is 24.4 Å². The first-order valence-electron chi connectivity index (χ1n) is 12.5. The van der Waals surface area contributed by atoms with Crippen LogP contribution in [0.3, 0.4) is 0 Å². The maximum Gasteiger partial charge on any atom is 0.306 e. The number of hydrogen-bond donors (Lipinski definition) is 0. The molecule has 1 amide bonds. The lowest BCUT2D eigenvalue weighted by atomic mass is 9.94. The lowest BCUT2D eigenvalue weighted by Crippen LogP contribution is -2.44. The van der Waals surface area contributed by atoms with Crippen LogP contribution < -0.4 is 0 Å². The summed E-state index contributed by atoms with van der Waals surface area (Å²) in [6.07, 6.45) is 1.69. The number of thiazole rings is 1. The number of nitrogens with zero attached hydrogens (tertiary/aromatic N) is 2. The van der Waals surface area contributed by atoms with Gasteiger partial charge < -0.3 is 9.64 Å². The number of hydrogen-bond acceptors (Lipinski definition) is 6. The van der Waals surface area contributed by atoms with Crippen molar-refractivity contribution in [2.24, 2.45) is 5.92 Å². The number of carbonyl (C=O) groups is 3. The molecule has 7 heteroatoms. The number of ketones is 1. The van der Waals surface area contributed by atoms with Crippen LogP contribution in [0.25, 0.3) is 10.2 Å². The van der Waals surface area contributed by atoms with E-state index in [-0.39, 0.29) is 24.7 Å². The third-order valence-electron chi connectivity index (χ3n) is 6.67. The predicted octanol–water partition coefficient (Wildman–Crippen LogP) is 5.46. The Hall–Kier alpha value is -3.84. The third-order valence-corrected chi connectivity index (χ3v) is 7.72. The molecule has 1 fully saturated rings. The van der Waals surface area contributed by atoms with Crippen LogP contribution in [0.15, 0.2) is 84.9 Å². The van der Waals surface area contributed by atoms with Crippen LogP contribution in [0, 0.1) is 5.92 Å². The van der Waals surface area contributed by atoms with Gasteiger partial charge in [0.15, 0.2) is 5.01 Å². The lowest BCUT2D eigenvalue weighted by Gasteiger charge is -2.27. The Morgan fingerprint density at radius 2 is 1.59 bits per heavy atom. The second-order valence-corrected chi connectivity index (χ2v) is 10.3. The van der Waals surface area contributed by atoms with E-state index in [1.165, 1.54) is 11.3 Å². The molecule has 0 N–H and O–H groups in total. The van der Waals surface area contributed by atoms with E-state index >= 15 is 0 Å². The average Bonchev–Trinajstić information content (AvgIpc) is 3.60. The van der Waals surface area contributed by atoms with E-state index in [0.717, 1.165) is 27.8 Å². The summed E-state index contributed by atoms with van der Waals surface area (Å²) in [6.45, 7) is 0.652. The summed E-state index contributed by atoms with van der Waals surface area (Å²) in [4.78, 5) is 46.3. The van der Waals surface area contributed by atoms with Gasteiger partial charge in [-0.3, -0.25) is 14.4 Å². The van der Waals surface area contributed by atoms with E-state index < -0.39 is 17.9 Å². The van der Waals surface area contributed by atoms with E-state index in [1.807, 2.05) is 84.9 Å². The van der Waals surface area contributed by atoms with E-state index in [9.17, 15) is 14.4 Å². The number of Topliss-reactive ketones (excluding diaryl/α,β-unsaturated/α-hetero) is 1. The highest BCUT2D eigenvalue weighted by Gasteiger charge is 2.39. The van der Waals surface area contributed by atoms with Crippen LogP contribution in [-0.4, -0.2) is 40.1 Å². The molecule has 3 aromatic carbocycles. The second-order valence-electron chi connectivity index (χ2n) is 9.28. The number of carbonyl (C=O) groups excluding carboxylic acids is 3. The van der Waals surface area contributed by atoms with E-state index in [2.05, 4.69) is 4.98 Å². The molecule has 1 aromatic heterocycles. The van der Waals surface area contributed by atoms with Crippen LogP contribution in [0.2, 0.25) is 0 Å². The number of esters is 1. The molecule has 2 atom stereocenters. The predicted molar refractivity (Wildman–Crippen MR) is 143 cm³/mol. The SMILES string of the molecule is O=C(C[C@@H](Cc1ccccc1)C(=O)N1CCC[C@@H]1C(=O)c1nc2ccccc2s1)OCc1ccccc1. The highest BCUT2D eigenvalue weighted by molar-refractivity contribution is 7.20. The molecule has 1 saturated heterocycles. The fraction of sp³-hybridized carbons (Fsp3) is 0.267. The molecule has 5 rings (SSSR count). The molecule has 6 nitrogen and oxygen atoms in total. The number of ether oxygens (including phenoxy) is 1. The fourth-order valence-corrected chi connectivity index (χ4v) is 5.76. The fourth-order valence-electron chi connectivity index (χ4n) is 4.80. The number of aromatic nitrogens is 1. The van der Waals surface area contributed by atoms with Crippen LogP contribution in [-0.2, 0) is 27.4 Å². The standard InChI is InChI=1S/C30H28N2O4S/c33-27(36-20-22-12-5-2-6-13-22)19-23(18-21-10-3-1-4-11-21)30(35)32-17-9-15-25(32)28(34)29-31-24-14-7-8-16-26(24)37-29/h1-8,10-14,16,23,25H,9,15,17-20H2/t23-,25-/m1/s1. The highest BCUT2D eigenvalue weighted by Crippen LogP contribution is 2.29. The van der Waals surface area contributed by atoms with Crippen molar-refractivity contribution in [2.45, 2.75) is 38.3 Å². The number of rotatable bonds is 9. The van der Waals surface area contributed by atoms with Crippen molar-refractivity contribution in [2.75, 3.05) is 6.54 Å². The highest BCUT2D eigenvalue weighted by atomic mass is 32.1. The smallest absolute Gasteiger partial charge is 0.306 e. The molecule has 188 valence electrons. The summed E-state index contributed by atoms with van der Waals surface area (Å²) in [7, 11) is 0. The zero-order valence-electron chi connectivity index (χ0n) is 20.4. The van der Waals surface area contributed by atoms with Gasteiger partial charge >= 0.3 is 5.97 Å². The number of likely N-dealkylation sites (tertiary alicyclic amines) is 1. The van der Waals surface area contributed by atoms with Crippen LogP contribution >= 0.6 is 11.3 Å². The molecule has 1 aliphatic rings. The molecule has 0 saturated carbocycles. The molecule has 1 aliphatic heterocycles. The Bertz CT molecular complexity index is 1350. The van der Waals surface area contributed by atoms with Crippen molar-refractivity contribution >= 4 is 39.2 Å². The topological polar surface area (TPSA) is 76.6 Å². The molecule has 0 spiro atoms. The molecule has 0 unspecified atom stereocenters. The van der Waals surface area contributed by atoms with Gasteiger partial charge in [-0.25, -0.2) is 4.98 Å². The summed E-state index contributed by atoms with van der Waals surface area (Å²) in [5.41, 5.74) is 2.64. The van der Waals surface area contributed by atoms with Crippen LogP contribution in [0.5, 0.6) is 0 Å². The number of para-hydroxylation sites is 1. The Morgan fingerprint density at radius 3 is 2.32 bits per heavy atom. The quantitative estimate of drug-likeness (QED) is 0.220. The van der Waals surface area contributed by atoms with Gasteiger partial charge in [0.25, 0.3) is 0 Å². The van der Waals surface area contributed by atoms with Crippen LogP contribution in [0.1, 0.15) is 40.2 Å². The molecule has 2 heterocycles. The average molecular weight is 513 g/mol. The van der Waals surface area contributed by atoms with Gasteiger partial charge in [-0.1, -0.05) is 72.8 Å². The van der Waals surface area contributed by atoms with Crippen molar-refractivity contribution in [3.63, 3.8) is 0 Å². The minimum Gasteiger partial charge on any atom is -0.461 e. The van der Waals surface area contributed by atoms with Crippen molar-refractivity contribution in [1.29, 1.82) is 0 Å². The van der Waals surface area contributed by atoms with Crippen molar-refractivity contribution in [3.8, 4) is 0 Å². The summed E-state index contributed by atoms with van der Waals surface area (Å²) in [5.74, 6) is -1.35. The first-order chi connectivity index (χ1) is 18.1. The summed E-state index contributed by atoms with van der Waals surface area (Å²) in [5, 5.41) is 0.424. The first-order valence-corrected chi connectivity index (χ1v) is 13.3. The molecule has 0 radical (unpaired) electrons. The summed E-state index contributed by atoms with van der Waals surface area (Å²) in [6, 6.07) is 26.2. The van der Waals surface area contributed by atoms with E-state index in [4.69, 9.17) is 4.74 Å². The molecule has 37 heavy (non-hydrogen) atoms. The molecule has 0 bridgehead atoms. The summed E-state index contributed by atoms with van der Waals surface area (Å²) >= 11 is 1.36. The zero-order chi connectivity index (χ0) is 25.6. The minimum absolute atomic E-state index is 0.0426. The molecule has 4 aromatic rings. The van der Waals surface area contributed by atoms with Crippen molar-refractivity contribution in [1.82, 2.24) is 9.88 Å². The van der Waals surface area contributed by atoms with Gasteiger partial charge in [-0.05, 0) is 42.5 Å². The Morgan fingerprint density at radius 1 is 0.919 bits per heavy atom. The maximum absolute atomic E-state index is 13.8. The Kier molecular flexibility index (Phi) is 7.70. The van der Waals surface area contributed by atoms with Gasteiger partial charge in [0.05, 0.1) is 28.6 Å². The zero-order valence-corrected chi connectivity index (χ0v) is 21.2. The lowest BCUT2D eigenvalue weighted by molar-refractivity contribution is -0.150. The van der Waals surface area contributed by atoms with Crippen LogP contribution in [0.4, 0.5) is 0 Å². The maximum atomic E-state index is 13.8. The second kappa shape index (κ2) is 11.5. The Balaban J connectivity index is 1.32. The third kappa shape index (κ3) is 5.94. The van der Waals surface area contributed by atoms with Crippen molar-refractivity contribution < 1.29 is 19.1 Å². The molecule has 0 aliphatic carbocycles. The number of fused-ring (bicyclic) bond motifs is 1. The largest absolute Gasteiger partial charge is 0.461 e. The number of amides is 1. The van der Waals surface area contributed by atoms with Crippen molar-refractivity contribution in [3.05, 3.63) is 101 Å². The monoisotopic (exact) mass is 512 g/mol.